The van der Waals surface area contributed by atoms with Crippen LogP contribution in [-0.2, 0) is 0 Å². The summed E-state index contributed by atoms with van der Waals surface area (Å²) in [5.41, 5.74) is 5.56. The van der Waals surface area contributed by atoms with E-state index in [4.69, 9.17) is 5.73 Å². The number of alkyl halides is 3. The molecule has 0 aliphatic carbocycles. The minimum absolute atomic E-state index is 0.0355. The van der Waals surface area contributed by atoms with Crippen LogP contribution in [0.4, 0.5) is 17.6 Å². The molecule has 1 rings (SSSR count). The molecule has 1 aromatic carbocycles. The van der Waals surface area contributed by atoms with Crippen molar-refractivity contribution in [1.82, 2.24) is 0 Å². The van der Waals surface area contributed by atoms with Crippen LogP contribution in [0.25, 0.3) is 0 Å². The number of hydrogen-bond acceptors (Lipinski definition) is 2. The van der Waals surface area contributed by atoms with E-state index in [1.807, 2.05) is 0 Å². The molecule has 17 heavy (non-hydrogen) atoms. The van der Waals surface area contributed by atoms with Crippen molar-refractivity contribution in [2.75, 3.05) is 0 Å². The number of ether oxygens (including phenoxy) is 1. The third-order valence-electron chi connectivity index (χ3n) is 2.02. The van der Waals surface area contributed by atoms with Crippen molar-refractivity contribution in [3.8, 4) is 5.75 Å². The SMILES string of the molecule is C=CC[C@@H](N)c1cc(OC(F)(F)F)ccc1F. The first-order valence-electron chi connectivity index (χ1n) is 4.75. The monoisotopic (exact) mass is 249 g/mol. The summed E-state index contributed by atoms with van der Waals surface area (Å²) in [5.74, 6) is -1.16. The van der Waals surface area contributed by atoms with Gasteiger partial charge in [-0.25, -0.2) is 4.39 Å². The highest BCUT2D eigenvalue weighted by molar-refractivity contribution is 5.32. The van der Waals surface area contributed by atoms with Gasteiger partial charge in [-0.1, -0.05) is 6.08 Å². The summed E-state index contributed by atoms with van der Waals surface area (Å²) in [7, 11) is 0. The average Bonchev–Trinajstić information content (AvgIpc) is 2.19. The van der Waals surface area contributed by atoms with E-state index in [0.29, 0.717) is 0 Å². The molecule has 6 heteroatoms. The summed E-state index contributed by atoms with van der Waals surface area (Å²) in [6, 6.07) is 1.98. The van der Waals surface area contributed by atoms with E-state index in [2.05, 4.69) is 11.3 Å². The van der Waals surface area contributed by atoms with E-state index in [1.54, 1.807) is 0 Å². The molecule has 1 aromatic rings. The van der Waals surface area contributed by atoms with E-state index >= 15 is 0 Å². The van der Waals surface area contributed by atoms with Gasteiger partial charge in [0.05, 0.1) is 0 Å². The van der Waals surface area contributed by atoms with Crippen molar-refractivity contribution < 1.29 is 22.3 Å². The topological polar surface area (TPSA) is 35.2 Å². The molecule has 0 aromatic heterocycles. The molecule has 0 bridgehead atoms. The number of nitrogens with two attached hydrogens (primary N) is 1. The Bertz CT molecular complexity index is 403. The van der Waals surface area contributed by atoms with Crippen molar-refractivity contribution >= 4 is 0 Å². The molecule has 0 aliphatic heterocycles. The Morgan fingerprint density at radius 2 is 2.06 bits per heavy atom. The number of halogens is 4. The summed E-state index contributed by atoms with van der Waals surface area (Å²) in [6.07, 6.45) is -3.09. The van der Waals surface area contributed by atoms with E-state index in [1.165, 1.54) is 6.08 Å². The van der Waals surface area contributed by atoms with Gasteiger partial charge in [0.15, 0.2) is 0 Å². The van der Waals surface area contributed by atoms with Crippen molar-refractivity contribution in [3.63, 3.8) is 0 Å². The maximum absolute atomic E-state index is 13.3. The Hall–Kier alpha value is -1.56. The highest BCUT2D eigenvalue weighted by atomic mass is 19.4. The second-order valence-corrected chi connectivity index (χ2v) is 3.36. The van der Waals surface area contributed by atoms with Crippen LogP contribution in [0.1, 0.15) is 18.0 Å². The van der Waals surface area contributed by atoms with Gasteiger partial charge in [-0.2, -0.15) is 0 Å². The summed E-state index contributed by atoms with van der Waals surface area (Å²) < 4.78 is 52.9. The molecule has 0 spiro atoms. The van der Waals surface area contributed by atoms with Crippen LogP contribution >= 0.6 is 0 Å². The van der Waals surface area contributed by atoms with Crippen LogP contribution < -0.4 is 10.5 Å². The Morgan fingerprint density at radius 1 is 1.41 bits per heavy atom. The van der Waals surface area contributed by atoms with E-state index in [9.17, 15) is 17.6 Å². The molecule has 0 radical (unpaired) electrons. The summed E-state index contributed by atoms with van der Waals surface area (Å²) in [6.45, 7) is 3.42. The van der Waals surface area contributed by atoms with Gasteiger partial charge in [-0.15, -0.1) is 19.8 Å². The van der Waals surface area contributed by atoms with Gasteiger partial charge in [-0.3, -0.25) is 0 Å². The number of benzene rings is 1. The maximum atomic E-state index is 13.3. The molecule has 2 N–H and O–H groups in total. The van der Waals surface area contributed by atoms with Crippen LogP contribution in [0.15, 0.2) is 30.9 Å². The fourth-order valence-corrected chi connectivity index (χ4v) is 1.31. The fraction of sp³-hybridized carbons (Fsp3) is 0.273. The van der Waals surface area contributed by atoms with Crippen LogP contribution in [-0.4, -0.2) is 6.36 Å². The van der Waals surface area contributed by atoms with Crippen LogP contribution in [0.3, 0.4) is 0 Å². The van der Waals surface area contributed by atoms with Crippen LogP contribution in [0.5, 0.6) is 5.75 Å². The second-order valence-electron chi connectivity index (χ2n) is 3.36. The predicted molar refractivity (Wildman–Crippen MR) is 54.8 cm³/mol. The standard InChI is InChI=1S/C11H11F4NO/c1-2-3-10(16)8-6-7(4-5-9(8)12)17-11(13,14)15/h2,4-6,10H,1,3,16H2/t10-/m1/s1. The van der Waals surface area contributed by atoms with Gasteiger partial charge >= 0.3 is 6.36 Å². The lowest BCUT2D eigenvalue weighted by Crippen LogP contribution is -2.18. The molecule has 0 saturated carbocycles. The maximum Gasteiger partial charge on any atom is 0.573 e. The molecule has 0 aliphatic rings. The average molecular weight is 249 g/mol. The third-order valence-corrected chi connectivity index (χ3v) is 2.02. The first kappa shape index (κ1) is 13.5. The molecule has 0 saturated heterocycles. The number of rotatable bonds is 4. The van der Waals surface area contributed by atoms with Crippen molar-refractivity contribution in [3.05, 3.63) is 42.2 Å². The molecule has 1 atom stereocenters. The van der Waals surface area contributed by atoms with Gasteiger partial charge in [0, 0.05) is 11.6 Å². The van der Waals surface area contributed by atoms with Crippen LogP contribution in [0, 0.1) is 5.82 Å². The number of hydrogen-bond donors (Lipinski definition) is 1. The van der Waals surface area contributed by atoms with Crippen LogP contribution in [0.2, 0.25) is 0 Å². The molecular formula is C11H11F4NO. The van der Waals surface area contributed by atoms with E-state index in [0.717, 1.165) is 18.2 Å². The highest BCUT2D eigenvalue weighted by Crippen LogP contribution is 2.27. The zero-order valence-electron chi connectivity index (χ0n) is 8.80. The lowest BCUT2D eigenvalue weighted by Gasteiger charge is -2.14. The summed E-state index contributed by atoms with van der Waals surface area (Å²) >= 11 is 0. The lowest BCUT2D eigenvalue weighted by molar-refractivity contribution is -0.274. The quantitative estimate of drug-likeness (QED) is 0.656. The largest absolute Gasteiger partial charge is 0.573 e. The smallest absolute Gasteiger partial charge is 0.406 e. The van der Waals surface area contributed by atoms with Gasteiger partial charge in [0.1, 0.15) is 11.6 Å². The molecule has 2 nitrogen and oxygen atoms in total. The zero-order chi connectivity index (χ0) is 13.1. The van der Waals surface area contributed by atoms with Gasteiger partial charge in [-0.05, 0) is 24.6 Å². The van der Waals surface area contributed by atoms with Gasteiger partial charge in [0.2, 0.25) is 0 Å². The molecular weight excluding hydrogens is 238 g/mol. The second kappa shape index (κ2) is 5.18. The minimum atomic E-state index is -4.81. The molecule has 0 fully saturated rings. The Labute approximate surface area is 95.7 Å². The molecule has 94 valence electrons. The van der Waals surface area contributed by atoms with Crippen molar-refractivity contribution in [1.29, 1.82) is 0 Å². The van der Waals surface area contributed by atoms with Crippen molar-refractivity contribution in [2.24, 2.45) is 5.73 Å². The minimum Gasteiger partial charge on any atom is -0.406 e. The Kier molecular flexibility index (Phi) is 4.11. The normalized spacial score (nSPS) is 13.2. The van der Waals surface area contributed by atoms with Gasteiger partial charge < -0.3 is 10.5 Å². The fourth-order valence-electron chi connectivity index (χ4n) is 1.31. The lowest BCUT2D eigenvalue weighted by atomic mass is 10.0. The first-order chi connectivity index (χ1) is 7.83. The predicted octanol–water partition coefficient (Wildman–Crippen LogP) is 3.30. The Morgan fingerprint density at radius 3 is 2.59 bits per heavy atom. The molecule has 0 unspecified atom stereocenters. The third kappa shape index (κ3) is 4.07. The Balaban J connectivity index is 2.97. The molecule has 0 heterocycles. The summed E-state index contributed by atoms with van der Waals surface area (Å²) in [5, 5.41) is 0. The first-order valence-corrected chi connectivity index (χ1v) is 4.75. The van der Waals surface area contributed by atoms with Gasteiger partial charge in [0.25, 0.3) is 0 Å². The van der Waals surface area contributed by atoms with E-state index < -0.39 is 24.0 Å². The zero-order valence-corrected chi connectivity index (χ0v) is 8.80. The highest BCUT2D eigenvalue weighted by Gasteiger charge is 2.31. The summed E-state index contributed by atoms with van der Waals surface area (Å²) in [4.78, 5) is 0. The van der Waals surface area contributed by atoms with Crippen molar-refractivity contribution in [2.45, 2.75) is 18.8 Å². The molecule has 0 amide bonds. The van der Waals surface area contributed by atoms with E-state index in [-0.39, 0.29) is 12.0 Å².